The standard InChI is InChI=1S/C27H40N6O5/c1-17(34)31-26(2,3)4-5-33-24(32-6-8-37-9-7-32)21(15-29-33)23(35)30-22-19-10-18-11-20(22)14-27(12-18,13-19)16-38-25(28)36/h4-5,15,18-20,22H,6-14,16H2,1-3H3,(H2,28,36)(H,30,35)(H,31,34). The van der Waals surface area contributed by atoms with E-state index < -0.39 is 11.6 Å². The quantitative estimate of drug-likeness (QED) is 0.469. The van der Waals surface area contributed by atoms with E-state index in [2.05, 4.69) is 20.6 Å². The summed E-state index contributed by atoms with van der Waals surface area (Å²) in [4.78, 5) is 38.8. The molecule has 0 aromatic carbocycles. The van der Waals surface area contributed by atoms with E-state index in [-0.39, 0.29) is 23.3 Å². The molecule has 1 aromatic heterocycles. The van der Waals surface area contributed by atoms with Gasteiger partial charge < -0.3 is 30.7 Å². The first-order valence-corrected chi connectivity index (χ1v) is 13.7. The van der Waals surface area contributed by atoms with E-state index in [1.165, 1.54) is 6.92 Å². The minimum Gasteiger partial charge on any atom is -0.449 e. The van der Waals surface area contributed by atoms with Crippen LogP contribution in [0.3, 0.4) is 0 Å². The van der Waals surface area contributed by atoms with E-state index in [0.717, 1.165) is 37.9 Å². The molecule has 11 nitrogen and oxygen atoms in total. The van der Waals surface area contributed by atoms with E-state index in [9.17, 15) is 14.4 Å². The first-order chi connectivity index (χ1) is 18.0. The summed E-state index contributed by atoms with van der Waals surface area (Å²) in [5.41, 5.74) is 5.21. The molecular weight excluding hydrogens is 488 g/mol. The van der Waals surface area contributed by atoms with Crippen molar-refractivity contribution < 1.29 is 23.9 Å². The zero-order valence-electron chi connectivity index (χ0n) is 22.6. The molecule has 6 rings (SSSR count). The number of nitrogens with two attached hydrogens (primary N) is 1. The van der Waals surface area contributed by atoms with Gasteiger partial charge >= 0.3 is 6.09 Å². The molecule has 208 valence electrons. The largest absolute Gasteiger partial charge is 0.449 e. The fraction of sp³-hybridized carbons (Fsp3) is 0.704. The van der Waals surface area contributed by atoms with Gasteiger partial charge in [0.1, 0.15) is 11.4 Å². The second-order valence-corrected chi connectivity index (χ2v) is 12.2. The van der Waals surface area contributed by atoms with Crippen molar-refractivity contribution in [1.29, 1.82) is 0 Å². The Labute approximate surface area is 223 Å². The van der Waals surface area contributed by atoms with Gasteiger partial charge in [-0.15, -0.1) is 0 Å². The van der Waals surface area contributed by atoms with Gasteiger partial charge in [0.15, 0.2) is 0 Å². The number of hydrogen-bond acceptors (Lipinski definition) is 7. The number of nitrogens with zero attached hydrogens (tertiary/aromatic N) is 3. The maximum atomic E-state index is 13.8. The van der Waals surface area contributed by atoms with Crippen LogP contribution in [0.4, 0.5) is 10.6 Å². The van der Waals surface area contributed by atoms with Crippen LogP contribution >= 0.6 is 0 Å². The van der Waals surface area contributed by atoms with Gasteiger partial charge in [0.2, 0.25) is 5.91 Å². The fourth-order valence-corrected chi connectivity index (χ4v) is 7.53. The molecule has 5 aliphatic rings. The molecule has 4 saturated carbocycles. The number of morpholine rings is 1. The Hall–Kier alpha value is -3.08. The van der Waals surface area contributed by atoms with Crippen LogP contribution in [0.2, 0.25) is 0 Å². The van der Waals surface area contributed by atoms with Crippen molar-refractivity contribution in [2.45, 2.75) is 64.5 Å². The van der Waals surface area contributed by atoms with E-state index in [1.807, 2.05) is 26.1 Å². The fourth-order valence-electron chi connectivity index (χ4n) is 7.53. The van der Waals surface area contributed by atoms with Gasteiger partial charge in [0, 0.05) is 37.7 Å². The molecule has 1 saturated heterocycles. The van der Waals surface area contributed by atoms with Crippen molar-refractivity contribution in [3.8, 4) is 0 Å². The molecule has 38 heavy (non-hydrogen) atoms. The Morgan fingerprint density at radius 1 is 1.21 bits per heavy atom. The van der Waals surface area contributed by atoms with Crippen LogP contribution in [-0.2, 0) is 14.3 Å². The molecule has 1 aromatic rings. The monoisotopic (exact) mass is 528 g/mol. The van der Waals surface area contributed by atoms with Crippen LogP contribution in [0.1, 0.15) is 63.2 Å². The predicted octanol–water partition coefficient (Wildman–Crippen LogP) is 2.13. The van der Waals surface area contributed by atoms with Gasteiger partial charge in [-0.25, -0.2) is 9.48 Å². The maximum absolute atomic E-state index is 13.8. The SMILES string of the molecule is CC(=O)NC(C)(C)C=Cn1ncc(C(=O)NC2C3CC4CC2CC(COC(N)=O)(C4)C3)c1N1CCOCC1. The molecule has 2 unspecified atom stereocenters. The molecular formula is C27H40N6O5. The summed E-state index contributed by atoms with van der Waals surface area (Å²) in [5.74, 6) is 1.83. The molecule has 1 aliphatic heterocycles. The number of primary amides is 1. The van der Waals surface area contributed by atoms with Gasteiger partial charge in [-0.1, -0.05) is 0 Å². The van der Waals surface area contributed by atoms with Crippen molar-refractivity contribution in [2.75, 3.05) is 37.8 Å². The lowest BCUT2D eigenvalue weighted by atomic mass is 9.48. The van der Waals surface area contributed by atoms with Crippen LogP contribution in [0.25, 0.3) is 6.20 Å². The maximum Gasteiger partial charge on any atom is 0.404 e. The van der Waals surface area contributed by atoms with Gasteiger partial charge in [-0.3, -0.25) is 9.59 Å². The van der Waals surface area contributed by atoms with Gasteiger partial charge in [-0.2, -0.15) is 5.10 Å². The normalized spacial score (nSPS) is 30.4. The van der Waals surface area contributed by atoms with Gasteiger partial charge in [0.05, 0.1) is 31.6 Å². The zero-order valence-corrected chi connectivity index (χ0v) is 22.6. The summed E-state index contributed by atoms with van der Waals surface area (Å²) in [5, 5.41) is 10.8. The summed E-state index contributed by atoms with van der Waals surface area (Å²) in [6.45, 7) is 8.16. The highest BCUT2D eigenvalue weighted by molar-refractivity contribution is 5.99. The molecule has 4 aliphatic carbocycles. The van der Waals surface area contributed by atoms with Crippen molar-refractivity contribution in [1.82, 2.24) is 20.4 Å². The van der Waals surface area contributed by atoms with Crippen LogP contribution in [0, 0.1) is 23.2 Å². The number of ether oxygens (including phenoxy) is 2. The van der Waals surface area contributed by atoms with Crippen LogP contribution in [0.5, 0.6) is 0 Å². The minimum atomic E-state index is -0.715. The summed E-state index contributed by atoms with van der Waals surface area (Å²) >= 11 is 0. The molecule has 11 heteroatoms. The Kier molecular flexibility index (Phi) is 7.15. The molecule has 2 atom stereocenters. The lowest BCUT2D eigenvalue weighted by molar-refractivity contribution is -0.120. The average Bonchev–Trinajstić information content (AvgIpc) is 3.27. The molecule has 0 radical (unpaired) electrons. The first kappa shape index (κ1) is 26.5. The molecule has 2 heterocycles. The van der Waals surface area contributed by atoms with Crippen LogP contribution in [-0.4, -0.2) is 72.2 Å². The number of aromatic nitrogens is 2. The third-order valence-electron chi connectivity index (χ3n) is 8.67. The van der Waals surface area contributed by atoms with E-state index in [0.29, 0.717) is 56.2 Å². The number of hydrogen-bond donors (Lipinski definition) is 3. The highest BCUT2D eigenvalue weighted by atomic mass is 16.5. The Morgan fingerprint density at radius 2 is 1.89 bits per heavy atom. The third-order valence-corrected chi connectivity index (χ3v) is 8.67. The highest BCUT2D eigenvalue weighted by Crippen LogP contribution is 2.60. The summed E-state index contributed by atoms with van der Waals surface area (Å²) in [7, 11) is 0. The zero-order chi connectivity index (χ0) is 27.1. The van der Waals surface area contributed by atoms with Crippen molar-refractivity contribution >= 4 is 29.9 Å². The summed E-state index contributed by atoms with van der Waals surface area (Å²) in [6.07, 6.45) is 9.74. The Balaban J connectivity index is 1.35. The minimum absolute atomic E-state index is 0.0118. The second-order valence-electron chi connectivity index (χ2n) is 12.2. The Bertz CT molecular complexity index is 1090. The lowest BCUT2D eigenvalue weighted by Gasteiger charge is -2.59. The van der Waals surface area contributed by atoms with Crippen molar-refractivity contribution in [3.05, 3.63) is 17.8 Å². The molecule has 5 fully saturated rings. The average molecular weight is 529 g/mol. The smallest absolute Gasteiger partial charge is 0.404 e. The third kappa shape index (κ3) is 5.52. The van der Waals surface area contributed by atoms with E-state index >= 15 is 0 Å². The van der Waals surface area contributed by atoms with Crippen LogP contribution < -0.4 is 21.3 Å². The highest BCUT2D eigenvalue weighted by Gasteiger charge is 2.56. The number of carbonyl (C=O) groups is 3. The van der Waals surface area contributed by atoms with Crippen LogP contribution in [0.15, 0.2) is 12.3 Å². The molecule has 0 spiro atoms. The summed E-state index contributed by atoms with van der Waals surface area (Å²) < 4.78 is 12.5. The molecule has 3 amide bonds. The van der Waals surface area contributed by atoms with Gasteiger partial charge in [0.25, 0.3) is 5.91 Å². The second kappa shape index (κ2) is 10.2. The lowest BCUT2D eigenvalue weighted by Crippen LogP contribution is -2.60. The predicted molar refractivity (Wildman–Crippen MR) is 141 cm³/mol. The number of anilines is 1. The van der Waals surface area contributed by atoms with E-state index in [4.69, 9.17) is 15.2 Å². The van der Waals surface area contributed by atoms with Gasteiger partial charge in [-0.05, 0) is 69.8 Å². The molecule has 4 N–H and O–H groups in total. The van der Waals surface area contributed by atoms with E-state index in [1.54, 1.807) is 10.9 Å². The number of carbonyl (C=O) groups excluding carboxylic acids is 3. The summed E-state index contributed by atoms with van der Waals surface area (Å²) in [6, 6.07) is 0.0934. The number of rotatable bonds is 8. The molecule has 4 bridgehead atoms. The number of nitrogens with one attached hydrogen (secondary N) is 2. The Morgan fingerprint density at radius 3 is 2.53 bits per heavy atom. The first-order valence-electron chi connectivity index (χ1n) is 13.7. The van der Waals surface area contributed by atoms with Crippen molar-refractivity contribution in [2.24, 2.45) is 28.9 Å². The van der Waals surface area contributed by atoms with Crippen molar-refractivity contribution in [3.63, 3.8) is 0 Å². The number of amides is 3. The topological polar surface area (TPSA) is 141 Å².